The highest BCUT2D eigenvalue weighted by Gasteiger charge is 1.94. The zero-order valence-corrected chi connectivity index (χ0v) is 10.5. The zero-order chi connectivity index (χ0) is 11.6. The minimum Gasteiger partial charge on any atom is -0.0955 e. The largest absolute Gasteiger partial charge is 0.0955 e. The quantitative estimate of drug-likeness (QED) is 0.582. The van der Waals surface area contributed by atoms with Crippen LogP contribution in [0.25, 0.3) is 5.57 Å². The fourth-order valence-corrected chi connectivity index (χ4v) is 1.05. The number of allylic oxidation sites excluding steroid dienone is 1. The predicted octanol–water partition coefficient (Wildman–Crippen LogP) is 5.08. The highest BCUT2D eigenvalue weighted by atomic mass is 14.0. The topological polar surface area (TPSA) is 0 Å². The van der Waals surface area contributed by atoms with Crippen molar-refractivity contribution in [1.82, 2.24) is 0 Å². The molecule has 80 valence electrons. The molecule has 0 bridgehead atoms. The van der Waals surface area contributed by atoms with E-state index in [0.29, 0.717) is 0 Å². The second-order valence-corrected chi connectivity index (χ2v) is 2.60. The Labute approximate surface area is 89.7 Å². The number of benzene rings is 1. The summed E-state index contributed by atoms with van der Waals surface area (Å²) in [7, 11) is 0. The van der Waals surface area contributed by atoms with Crippen molar-refractivity contribution in [1.29, 1.82) is 0 Å². The summed E-state index contributed by atoms with van der Waals surface area (Å²) < 4.78 is 0. The molecule has 1 aromatic carbocycles. The van der Waals surface area contributed by atoms with E-state index in [1.807, 2.05) is 46.8 Å². The van der Waals surface area contributed by atoms with Crippen molar-refractivity contribution < 1.29 is 0 Å². The van der Waals surface area contributed by atoms with E-state index >= 15 is 0 Å². The van der Waals surface area contributed by atoms with E-state index in [9.17, 15) is 0 Å². The van der Waals surface area contributed by atoms with Crippen LogP contribution in [0.3, 0.4) is 0 Å². The fraction of sp³-hybridized carbons (Fsp3) is 0.429. The lowest BCUT2D eigenvalue weighted by atomic mass is 10.0. The molecule has 0 aliphatic heterocycles. The number of hydrogen-bond acceptors (Lipinski definition) is 0. The lowest BCUT2D eigenvalue weighted by Gasteiger charge is -2.02. The van der Waals surface area contributed by atoms with E-state index in [-0.39, 0.29) is 0 Å². The number of hydrogen-bond donors (Lipinski definition) is 0. The van der Waals surface area contributed by atoms with Gasteiger partial charge in [0.25, 0.3) is 0 Å². The second-order valence-electron chi connectivity index (χ2n) is 2.60. The predicted molar refractivity (Wildman–Crippen MR) is 68.6 cm³/mol. The van der Waals surface area contributed by atoms with Gasteiger partial charge in [0.15, 0.2) is 0 Å². The Bertz CT molecular complexity index is 246. The van der Waals surface area contributed by atoms with E-state index in [2.05, 4.69) is 25.6 Å². The molecule has 0 aliphatic carbocycles. The molecule has 0 heterocycles. The van der Waals surface area contributed by atoms with E-state index in [0.717, 1.165) is 5.57 Å². The second kappa shape index (κ2) is 10.0. The molecule has 0 spiro atoms. The van der Waals surface area contributed by atoms with Crippen molar-refractivity contribution in [2.45, 2.75) is 41.5 Å². The Balaban J connectivity index is 0. The highest BCUT2D eigenvalue weighted by molar-refractivity contribution is 5.63. The summed E-state index contributed by atoms with van der Waals surface area (Å²) in [6.45, 7) is 16.0. The Morgan fingerprint density at radius 1 is 1.00 bits per heavy atom. The molecule has 0 saturated heterocycles. The Hall–Kier alpha value is -1.04. The molecule has 0 aromatic heterocycles. The van der Waals surface area contributed by atoms with Crippen LogP contribution in [-0.2, 0) is 0 Å². The van der Waals surface area contributed by atoms with Gasteiger partial charge in [0.2, 0.25) is 0 Å². The molecule has 0 saturated carbocycles. The van der Waals surface area contributed by atoms with Gasteiger partial charge < -0.3 is 0 Å². The summed E-state index contributed by atoms with van der Waals surface area (Å²) in [5, 5.41) is 0. The SMILES string of the molecule is C=C(C)c1ccccc1C.CC.CC. The summed E-state index contributed by atoms with van der Waals surface area (Å²) in [5.41, 5.74) is 3.70. The minimum absolute atomic E-state index is 1.14. The smallest absolute Gasteiger partial charge is 0.0204 e. The van der Waals surface area contributed by atoms with Crippen LogP contribution in [0.1, 0.15) is 45.7 Å². The monoisotopic (exact) mass is 192 g/mol. The van der Waals surface area contributed by atoms with Gasteiger partial charge in [0.1, 0.15) is 0 Å². The first-order chi connectivity index (χ1) is 6.72. The summed E-state index contributed by atoms with van der Waals surface area (Å²) in [6, 6.07) is 8.28. The van der Waals surface area contributed by atoms with Gasteiger partial charge in [-0.1, -0.05) is 64.1 Å². The summed E-state index contributed by atoms with van der Waals surface area (Å²) in [4.78, 5) is 0. The van der Waals surface area contributed by atoms with Crippen LogP contribution < -0.4 is 0 Å². The van der Waals surface area contributed by atoms with Crippen LogP contribution in [0, 0.1) is 6.92 Å². The maximum absolute atomic E-state index is 3.89. The molecule has 0 atom stereocenters. The molecule has 1 aromatic rings. The van der Waals surface area contributed by atoms with Crippen molar-refractivity contribution in [2.24, 2.45) is 0 Å². The van der Waals surface area contributed by atoms with Gasteiger partial charge in [-0.2, -0.15) is 0 Å². The third kappa shape index (κ3) is 5.58. The molecular weight excluding hydrogens is 168 g/mol. The van der Waals surface area contributed by atoms with Crippen LogP contribution in [0.5, 0.6) is 0 Å². The van der Waals surface area contributed by atoms with Gasteiger partial charge in [0.05, 0.1) is 0 Å². The van der Waals surface area contributed by atoms with Crippen LogP contribution in [0.2, 0.25) is 0 Å². The molecule has 0 heteroatoms. The molecule has 0 aliphatic rings. The van der Waals surface area contributed by atoms with Crippen LogP contribution in [0.15, 0.2) is 30.8 Å². The standard InChI is InChI=1S/C10H12.2C2H6/c1-8(2)10-7-5-4-6-9(10)3;2*1-2/h4-7H,1H2,2-3H3;2*1-2H3. The van der Waals surface area contributed by atoms with Gasteiger partial charge in [-0.15, -0.1) is 0 Å². The molecule has 14 heavy (non-hydrogen) atoms. The van der Waals surface area contributed by atoms with Gasteiger partial charge in [-0.05, 0) is 25.0 Å². The van der Waals surface area contributed by atoms with Gasteiger partial charge in [-0.3, -0.25) is 0 Å². The van der Waals surface area contributed by atoms with Gasteiger partial charge in [-0.25, -0.2) is 0 Å². The van der Waals surface area contributed by atoms with Gasteiger partial charge in [0, 0.05) is 0 Å². The van der Waals surface area contributed by atoms with Gasteiger partial charge >= 0.3 is 0 Å². The number of aryl methyl sites for hydroxylation is 1. The van der Waals surface area contributed by atoms with Crippen molar-refractivity contribution in [3.8, 4) is 0 Å². The molecule has 0 unspecified atom stereocenters. The fourth-order valence-electron chi connectivity index (χ4n) is 1.05. The third-order valence-electron chi connectivity index (χ3n) is 1.60. The summed E-state index contributed by atoms with van der Waals surface area (Å²) in [5.74, 6) is 0. The van der Waals surface area contributed by atoms with Crippen molar-refractivity contribution >= 4 is 5.57 Å². The Morgan fingerprint density at radius 2 is 1.43 bits per heavy atom. The molecule has 0 radical (unpaired) electrons. The van der Waals surface area contributed by atoms with Crippen LogP contribution in [0.4, 0.5) is 0 Å². The van der Waals surface area contributed by atoms with E-state index < -0.39 is 0 Å². The third-order valence-corrected chi connectivity index (χ3v) is 1.60. The molecule has 1 rings (SSSR count). The first-order valence-electron chi connectivity index (χ1n) is 5.43. The molecule has 0 nitrogen and oxygen atoms in total. The lowest BCUT2D eigenvalue weighted by molar-refractivity contribution is 1.41. The maximum atomic E-state index is 3.89. The first kappa shape index (κ1) is 15.4. The maximum Gasteiger partial charge on any atom is -0.0204 e. The molecule has 0 amide bonds. The average molecular weight is 192 g/mol. The zero-order valence-electron chi connectivity index (χ0n) is 10.5. The van der Waals surface area contributed by atoms with Crippen LogP contribution >= 0.6 is 0 Å². The van der Waals surface area contributed by atoms with Crippen molar-refractivity contribution in [3.63, 3.8) is 0 Å². The number of rotatable bonds is 1. The highest BCUT2D eigenvalue weighted by Crippen LogP contribution is 2.14. The van der Waals surface area contributed by atoms with E-state index in [1.54, 1.807) is 0 Å². The van der Waals surface area contributed by atoms with E-state index in [4.69, 9.17) is 0 Å². The first-order valence-corrected chi connectivity index (χ1v) is 5.43. The van der Waals surface area contributed by atoms with E-state index in [1.165, 1.54) is 11.1 Å². The van der Waals surface area contributed by atoms with Crippen molar-refractivity contribution in [2.75, 3.05) is 0 Å². The average Bonchev–Trinajstić information content (AvgIpc) is 2.24. The Morgan fingerprint density at radius 3 is 1.71 bits per heavy atom. The summed E-state index contributed by atoms with van der Waals surface area (Å²) in [6.07, 6.45) is 0. The summed E-state index contributed by atoms with van der Waals surface area (Å²) >= 11 is 0. The minimum atomic E-state index is 1.14. The lowest BCUT2D eigenvalue weighted by Crippen LogP contribution is -1.81. The molecule has 0 N–H and O–H groups in total. The Kier molecular flexibility index (Phi) is 11.1. The normalized spacial score (nSPS) is 7.57. The molecular formula is C14H24. The van der Waals surface area contributed by atoms with Crippen LogP contribution in [-0.4, -0.2) is 0 Å². The molecule has 0 fully saturated rings. The van der Waals surface area contributed by atoms with Crippen molar-refractivity contribution in [3.05, 3.63) is 42.0 Å².